The first-order valence-electron chi connectivity index (χ1n) is 7.34. The zero-order valence-electron chi connectivity index (χ0n) is 12.4. The van der Waals surface area contributed by atoms with Gasteiger partial charge in [0, 0.05) is 5.56 Å². The van der Waals surface area contributed by atoms with Gasteiger partial charge in [-0.25, -0.2) is 0 Å². The Morgan fingerprint density at radius 3 is 2.38 bits per heavy atom. The summed E-state index contributed by atoms with van der Waals surface area (Å²) in [6, 6.07) is 16.1. The highest BCUT2D eigenvalue weighted by Crippen LogP contribution is 2.16. The summed E-state index contributed by atoms with van der Waals surface area (Å²) in [4.78, 5) is 0. The Bertz CT molecular complexity index is 608. The summed E-state index contributed by atoms with van der Waals surface area (Å²) < 4.78 is 5.65. The maximum atomic E-state index is 7.48. The molecule has 0 heterocycles. The molecule has 0 saturated heterocycles. The molecule has 2 aromatic carbocycles. The van der Waals surface area contributed by atoms with Gasteiger partial charge >= 0.3 is 0 Å². The van der Waals surface area contributed by atoms with Crippen LogP contribution in [0, 0.1) is 5.41 Å². The van der Waals surface area contributed by atoms with Crippen molar-refractivity contribution in [2.24, 2.45) is 5.73 Å². The van der Waals surface area contributed by atoms with Crippen molar-refractivity contribution in [3.63, 3.8) is 0 Å². The first-order valence-corrected chi connectivity index (χ1v) is 7.34. The summed E-state index contributed by atoms with van der Waals surface area (Å²) in [7, 11) is 0. The van der Waals surface area contributed by atoms with Crippen molar-refractivity contribution in [2.75, 3.05) is 6.61 Å². The van der Waals surface area contributed by atoms with E-state index in [9.17, 15) is 0 Å². The van der Waals surface area contributed by atoms with E-state index in [4.69, 9.17) is 15.9 Å². The Balaban J connectivity index is 1.99. The third-order valence-corrected chi connectivity index (χ3v) is 3.31. The Kier molecular flexibility index (Phi) is 5.38. The molecule has 0 aromatic heterocycles. The molecule has 0 fully saturated rings. The van der Waals surface area contributed by atoms with Crippen LogP contribution in [0.15, 0.2) is 48.5 Å². The summed E-state index contributed by atoms with van der Waals surface area (Å²) in [6.45, 7) is 2.86. The number of ether oxygens (including phenoxy) is 1. The largest absolute Gasteiger partial charge is 0.494 e. The number of nitrogens with one attached hydrogen (secondary N) is 1. The molecule has 110 valence electrons. The summed E-state index contributed by atoms with van der Waals surface area (Å²) in [5.41, 5.74) is 8.77. The highest BCUT2D eigenvalue weighted by atomic mass is 16.5. The number of hydrogen-bond acceptors (Lipinski definition) is 2. The lowest BCUT2D eigenvalue weighted by Gasteiger charge is -2.08. The highest BCUT2D eigenvalue weighted by Gasteiger charge is 2.01. The maximum Gasteiger partial charge on any atom is 0.122 e. The molecule has 2 aromatic rings. The predicted octanol–water partition coefficient (Wildman–Crippen LogP) is 3.54. The standard InChI is InChI=1S/C18H22N2O/c1-2-11-21-17-8-4-6-15(13-17)10-9-14-5-3-7-16(12-14)18(19)20/h3-8,12-13H,2,9-11H2,1H3,(H3,19,20). The third-order valence-electron chi connectivity index (χ3n) is 3.31. The maximum absolute atomic E-state index is 7.48. The number of rotatable bonds is 7. The second kappa shape index (κ2) is 7.48. The van der Waals surface area contributed by atoms with Gasteiger partial charge in [0.2, 0.25) is 0 Å². The van der Waals surface area contributed by atoms with Gasteiger partial charge in [-0.2, -0.15) is 0 Å². The fourth-order valence-electron chi connectivity index (χ4n) is 2.19. The van der Waals surface area contributed by atoms with Gasteiger partial charge in [0.05, 0.1) is 6.61 Å². The Morgan fingerprint density at radius 1 is 1.05 bits per heavy atom. The van der Waals surface area contributed by atoms with Crippen molar-refractivity contribution in [1.29, 1.82) is 5.41 Å². The third kappa shape index (κ3) is 4.63. The highest BCUT2D eigenvalue weighted by molar-refractivity contribution is 5.95. The molecule has 0 radical (unpaired) electrons. The van der Waals surface area contributed by atoms with Crippen LogP contribution in [0.1, 0.15) is 30.0 Å². The minimum Gasteiger partial charge on any atom is -0.494 e. The van der Waals surface area contributed by atoms with E-state index in [0.717, 1.165) is 37.2 Å². The Hall–Kier alpha value is -2.29. The summed E-state index contributed by atoms with van der Waals surface area (Å²) in [5.74, 6) is 1.05. The van der Waals surface area contributed by atoms with E-state index in [1.54, 1.807) is 0 Å². The molecule has 0 amide bonds. The van der Waals surface area contributed by atoms with Crippen LogP contribution >= 0.6 is 0 Å². The van der Waals surface area contributed by atoms with E-state index in [1.165, 1.54) is 11.1 Å². The van der Waals surface area contributed by atoms with E-state index in [2.05, 4.69) is 25.1 Å². The van der Waals surface area contributed by atoms with Crippen molar-refractivity contribution in [3.8, 4) is 5.75 Å². The van der Waals surface area contributed by atoms with Crippen LogP contribution in [-0.4, -0.2) is 12.4 Å². The van der Waals surface area contributed by atoms with Crippen LogP contribution in [0.2, 0.25) is 0 Å². The Morgan fingerprint density at radius 2 is 1.71 bits per heavy atom. The Labute approximate surface area is 126 Å². The van der Waals surface area contributed by atoms with E-state index in [1.807, 2.05) is 30.3 Å². The zero-order chi connectivity index (χ0) is 15.1. The summed E-state index contributed by atoms with van der Waals surface area (Å²) >= 11 is 0. The van der Waals surface area contributed by atoms with Crippen LogP contribution in [0.25, 0.3) is 0 Å². The predicted molar refractivity (Wildman–Crippen MR) is 87.1 cm³/mol. The second-order valence-electron chi connectivity index (χ2n) is 5.11. The van der Waals surface area contributed by atoms with E-state index in [0.29, 0.717) is 0 Å². The summed E-state index contributed by atoms with van der Waals surface area (Å²) in [5, 5.41) is 7.48. The van der Waals surface area contributed by atoms with Gasteiger partial charge in [0.15, 0.2) is 0 Å². The number of aryl methyl sites for hydroxylation is 2. The van der Waals surface area contributed by atoms with Gasteiger partial charge in [-0.15, -0.1) is 0 Å². The summed E-state index contributed by atoms with van der Waals surface area (Å²) in [6.07, 6.45) is 2.89. The van der Waals surface area contributed by atoms with Crippen LogP contribution in [0.3, 0.4) is 0 Å². The molecule has 0 saturated carbocycles. The van der Waals surface area contributed by atoms with Crippen LogP contribution in [0.4, 0.5) is 0 Å². The fraction of sp³-hybridized carbons (Fsp3) is 0.278. The van der Waals surface area contributed by atoms with Crippen LogP contribution < -0.4 is 10.5 Å². The molecule has 0 bridgehead atoms. The molecule has 0 aliphatic rings. The minimum atomic E-state index is 0.117. The molecular formula is C18H22N2O. The van der Waals surface area contributed by atoms with Crippen LogP contribution in [0.5, 0.6) is 5.75 Å². The quantitative estimate of drug-likeness (QED) is 0.602. The minimum absolute atomic E-state index is 0.117. The average molecular weight is 282 g/mol. The van der Waals surface area contributed by atoms with Gasteiger partial charge in [-0.1, -0.05) is 37.3 Å². The lowest BCUT2D eigenvalue weighted by molar-refractivity contribution is 0.317. The number of amidine groups is 1. The molecule has 0 aliphatic carbocycles. The molecule has 0 atom stereocenters. The molecule has 3 heteroatoms. The lowest BCUT2D eigenvalue weighted by atomic mass is 10.0. The topological polar surface area (TPSA) is 59.1 Å². The first-order chi connectivity index (χ1) is 10.2. The van der Waals surface area contributed by atoms with E-state index >= 15 is 0 Å². The lowest BCUT2D eigenvalue weighted by Crippen LogP contribution is -2.11. The van der Waals surface area contributed by atoms with Crippen LogP contribution in [-0.2, 0) is 12.8 Å². The van der Waals surface area contributed by atoms with Crippen molar-refractivity contribution in [1.82, 2.24) is 0 Å². The van der Waals surface area contributed by atoms with Crippen molar-refractivity contribution < 1.29 is 4.74 Å². The van der Waals surface area contributed by atoms with Crippen molar-refractivity contribution in [3.05, 3.63) is 65.2 Å². The molecule has 21 heavy (non-hydrogen) atoms. The number of hydrogen-bond donors (Lipinski definition) is 2. The van der Waals surface area contributed by atoms with Crippen molar-refractivity contribution in [2.45, 2.75) is 26.2 Å². The smallest absolute Gasteiger partial charge is 0.122 e. The van der Waals surface area contributed by atoms with Gasteiger partial charge in [-0.05, 0) is 48.6 Å². The molecule has 3 N–H and O–H groups in total. The number of nitrogen functional groups attached to an aromatic ring is 1. The molecular weight excluding hydrogens is 260 g/mol. The SMILES string of the molecule is CCCOc1cccc(CCc2cccc(C(=N)N)c2)c1. The van der Waals surface area contributed by atoms with E-state index in [-0.39, 0.29) is 5.84 Å². The van der Waals surface area contributed by atoms with Crippen molar-refractivity contribution >= 4 is 5.84 Å². The van der Waals surface area contributed by atoms with Gasteiger partial charge in [-0.3, -0.25) is 5.41 Å². The molecule has 0 aliphatic heterocycles. The molecule has 0 spiro atoms. The fourth-order valence-corrected chi connectivity index (χ4v) is 2.19. The second-order valence-corrected chi connectivity index (χ2v) is 5.11. The average Bonchev–Trinajstić information content (AvgIpc) is 2.51. The zero-order valence-corrected chi connectivity index (χ0v) is 12.4. The van der Waals surface area contributed by atoms with Gasteiger partial charge in [0.1, 0.15) is 11.6 Å². The molecule has 3 nitrogen and oxygen atoms in total. The molecule has 0 unspecified atom stereocenters. The normalized spacial score (nSPS) is 10.3. The number of nitrogens with two attached hydrogens (primary N) is 1. The number of benzene rings is 2. The van der Waals surface area contributed by atoms with Gasteiger partial charge < -0.3 is 10.5 Å². The first kappa shape index (κ1) is 15.1. The monoisotopic (exact) mass is 282 g/mol. The van der Waals surface area contributed by atoms with Gasteiger partial charge in [0.25, 0.3) is 0 Å². The molecule has 2 rings (SSSR count). The van der Waals surface area contributed by atoms with E-state index < -0.39 is 0 Å².